The third-order valence-corrected chi connectivity index (χ3v) is 4.28. The standard InChI is InChI=1S/C21H24N2O4/c1-2-3-15-26-18-11-6-4-9-16(18)22-20(24)13-8-14-23-17-10-5-7-12-19(17)27-21(23)25/h4-7,9-12H,2-3,8,13-15H2,1H3,(H,22,24). The number of hydrogen-bond donors (Lipinski definition) is 1. The molecule has 6 nitrogen and oxygen atoms in total. The number of para-hydroxylation sites is 4. The number of amides is 1. The van der Waals surface area contributed by atoms with Crippen LogP contribution in [-0.2, 0) is 11.3 Å². The highest BCUT2D eigenvalue weighted by Crippen LogP contribution is 2.24. The monoisotopic (exact) mass is 368 g/mol. The largest absolute Gasteiger partial charge is 0.491 e. The summed E-state index contributed by atoms with van der Waals surface area (Å²) in [5.74, 6) is 0.171. The van der Waals surface area contributed by atoms with Crippen LogP contribution < -0.4 is 15.8 Å². The highest BCUT2D eigenvalue weighted by molar-refractivity contribution is 5.92. The highest BCUT2D eigenvalue weighted by Gasteiger charge is 2.11. The van der Waals surface area contributed by atoms with Crippen LogP contribution in [-0.4, -0.2) is 17.1 Å². The highest BCUT2D eigenvalue weighted by atomic mass is 16.5. The van der Waals surface area contributed by atoms with Crippen molar-refractivity contribution in [2.75, 3.05) is 11.9 Å². The second kappa shape index (κ2) is 9.07. The Kier molecular flexibility index (Phi) is 6.30. The van der Waals surface area contributed by atoms with Gasteiger partial charge >= 0.3 is 5.76 Å². The van der Waals surface area contributed by atoms with E-state index in [1.807, 2.05) is 42.5 Å². The number of ether oxygens (including phenoxy) is 1. The van der Waals surface area contributed by atoms with Crippen LogP contribution in [0.5, 0.6) is 5.75 Å². The lowest BCUT2D eigenvalue weighted by Gasteiger charge is -2.12. The summed E-state index contributed by atoms with van der Waals surface area (Å²) in [7, 11) is 0. The number of aryl methyl sites for hydroxylation is 1. The van der Waals surface area contributed by atoms with Gasteiger partial charge < -0.3 is 14.5 Å². The number of benzene rings is 2. The van der Waals surface area contributed by atoms with Crippen LogP contribution in [0.4, 0.5) is 5.69 Å². The van der Waals surface area contributed by atoms with E-state index in [4.69, 9.17) is 9.15 Å². The molecule has 0 radical (unpaired) electrons. The number of nitrogens with one attached hydrogen (secondary N) is 1. The average molecular weight is 368 g/mol. The lowest BCUT2D eigenvalue weighted by atomic mass is 10.2. The molecular weight excluding hydrogens is 344 g/mol. The van der Waals surface area contributed by atoms with Gasteiger partial charge in [0.25, 0.3) is 0 Å². The number of unbranched alkanes of at least 4 members (excludes halogenated alkanes) is 1. The van der Waals surface area contributed by atoms with Crippen LogP contribution in [0.15, 0.2) is 57.7 Å². The van der Waals surface area contributed by atoms with Crippen molar-refractivity contribution >= 4 is 22.7 Å². The smallest absolute Gasteiger partial charge is 0.419 e. The fraction of sp³-hybridized carbons (Fsp3) is 0.333. The van der Waals surface area contributed by atoms with Gasteiger partial charge in [0.05, 0.1) is 17.8 Å². The van der Waals surface area contributed by atoms with E-state index in [0.29, 0.717) is 43.0 Å². The molecule has 0 unspecified atom stereocenters. The summed E-state index contributed by atoms with van der Waals surface area (Å²) >= 11 is 0. The first-order valence-electron chi connectivity index (χ1n) is 9.29. The molecule has 1 amide bonds. The number of aromatic nitrogens is 1. The number of fused-ring (bicyclic) bond motifs is 1. The van der Waals surface area contributed by atoms with Gasteiger partial charge in [-0.1, -0.05) is 37.6 Å². The van der Waals surface area contributed by atoms with Gasteiger partial charge in [0.2, 0.25) is 5.91 Å². The summed E-state index contributed by atoms with van der Waals surface area (Å²) in [5, 5.41) is 2.89. The number of carbonyl (C=O) groups is 1. The summed E-state index contributed by atoms with van der Waals surface area (Å²) in [5.41, 5.74) is 1.98. The topological polar surface area (TPSA) is 73.5 Å². The fourth-order valence-electron chi connectivity index (χ4n) is 2.86. The van der Waals surface area contributed by atoms with E-state index < -0.39 is 5.76 Å². The predicted molar refractivity (Wildman–Crippen MR) is 105 cm³/mol. The summed E-state index contributed by atoms with van der Waals surface area (Å²) in [6.07, 6.45) is 2.86. The maximum absolute atomic E-state index is 12.3. The van der Waals surface area contributed by atoms with Crippen LogP contribution in [0.25, 0.3) is 11.1 Å². The van der Waals surface area contributed by atoms with E-state index in [-0.39, 0.29) is 5.91 Å². The molecule has 0 aliphatic carbocycles. The van der Waals surface area contributed by atoms with Crippen LogP contribution in [0, 0.1) is 0 Å². The minimum Gasteiger partial charge on any atom is -0.491 e. The SMILES string of the molecule is CCCCOc1ccccc1NC(=O)CCCn1c(=O)oc2ccccc21. The predicted octanol–water partition coefficient (Wildman–Crippen LogP) is 4.19. The van der Waals surface area contributed by atoms with Gasteiger partial charge in [-0.15, -0.1) is 0 Å². The number of oxazole rings is 1. The first-order valence-corrected chi connectivity index (χ1v) is 9.29. The number of carbonyl (C=O) groups excluding carboxylic acids is 1. The zero-order chi connectivity index (χ0) is 19.1. The molecule has 2 aromatic carbocycles. The Hall–Kier alpha value is -3.02. The van der Waals surface area contributed by atoms with Gasteiger partial charge in [-0.25, -0.2) is 4.79 Å². The summed E-state index contributed by atoms with van der Waals surface area (Å²) in [6.45, 7) is 3.16. The third-order valence-electron chi connectivity index (χ3n) is 4.28. The molecule has 0 aliphatic rings. The Morgan fingerprint density at radius 1 is 1.11 bits per heavy atom. The second-order valence-corrected chi connectivity index (χ2v) is 6.34. The molecule has 3 rings (SSSR count). The maximum atomic E-state index is 12.3. The van der Waals surface area contributed by atoms with E-state index in [2.05, 4.69) is 12.2 Å². The maximum Gasteiger partial charge on any atom is 0.419 e. The van der Waals surface area contributed by atoms with Crippen molar-refractivity contribution in [2.45, 2.75) is 39.2 Å². The van der Waals surface area contributed by atoms with E-state index in [9.17, 15) is 9.59 Å². The van der Waals surface area contributed by atoms with Crippen LogP contribution in [0.1, 0.15) is 32.6 Å². The van der Waals surface area contributed by atoms with Gasteiger partial charge in [0, 0.05) is 13.0 Å². The number of rotatable bonds is 9. The molecule has 0 spiro atoms. The Morgan fingerprint density at radius 3 is 2.74 bits per heavy atom. The van der Waals surface area contributed by atoms with Crippen molar-refractivity contribution in [1.29, 1.82) is 0 Å². The quantitative estimate of drug-likeness (QED) is 0.575. The molecule has 0 fully saturated rings. The first-order chi connectivity index (χ1) is 13.2. The number of anilines is 1. The van der Waals surface area contributed by atoms with Crippen molar-refractivity contribution in [2.24, 2.45) is 0 Å². The van der Waals surface area contributed by atoms with Crippen molar-refractivity contribution in [3.63, 3.8) is 0 Å². The molecule has 0 aliphatic heterocycles. The summed E-state index contributed by atoms with van der Waals surface area (Å²) < 4.78 is 12.5. The van der Waals surface area contributed by atoms with E-state index >= 15 is 0 Å². The van der Waals surface area contributed by atoms with Crippen LogP contribution in [0.3, 0.4) is 0 Å². The first kappa shape index (κ1) is 18.8. The van der Waals surface area contributed by atoms with Crippen LogP contribution in [0.2, 0.25) is 0 Å². The number of hydrogen-bond acceptors (Lipinski definition) is 4. The zero-order valence-corrected chi connectivity index (χ0v) is 15.4. The van der Waals surface area contributed by atoms with Gasteiger partial charge in [0.15, 0.2) is 5.58 Å². The molecule has 27 heavy (non-hydrogen) atoms. The normalized spacial score (nSPS) is 10.9. The van der Waals surface area contributed by atoms with Crippen molar-refractivity contribution < 1.29 is 13.9 Å². The fourth-order valence-corrected chi connectivity index (χ4v) is 2.86. The minimum absolute atomic E-state index is 0.109. The molecule has 0 bridgehead atoms. The second-order valence-electron chi connectivity index (χ2n) is 6.34. The van der Waals surface area contributed by atoms with E-state index in [0.717, 1.165) is 18.4 Å². The van der Waals surface area contributed by atoms with Crippen molar-refractivity contribution in [1.82, 2.24) is 4.57 Å². The van der Waals surface area contributed by atoms with Gasteiger partial charge in [-0.2, -0.15) is 0 Å². The molecule has 0 saturated heterocycles. The molecule has 6 heteroatoms. The summed E-state index contributed by atoms with van der Waals surface area (Å²) in [4.78, 5) is 24.2. The Balaban J connectivity index is 1.56. The molecule has 142 valence electrons. The molecule has 3 aromatic rings. The molecule has 1 N–H and O–H groups in total. The van der Waals surface area contributed by atoms with Gasteiger partial charge in [0.1, 0.15) is 5.75 Å². The summed E-state index contributed by atoms with van der Waals surface area (Å²) in [6, 6.07) is 14.7. The molecule has 1 heterocycles. The minimum atomic E-state index is -0.397. The van der Waals surface area contributed by atoms with E-state index in [1.165, 1.54) is 0 Å². The molecule has 0 atom stereocenters. The Labute approximate surface area is 157 Å². The van der Waals surface area contributed by atoms with Crippen molar-refractivity contribution in [3.05, 3.63) is 59.1 Å². The Bertz CT molecular complexity index is 958. The molecule has 0 saturated carbocycles. The molecule has 1 aromatic heterocycles. The van der Waals surface area contributed by atoms with Crippen molar-refractivity contribution in [3.8, 4) is 5.75 Å². The number of nitrogens with zero attached hydrogens (tertiary/aromatic N) is 1. The van der Waals surface area contributed by atoms with Gasteiger partial charge in [-0.3, -0.25) is 9.36 Å². The van der Waals surface area contributed by atoms with Crippen LogP contribution >= 0.6 is 0 Å². The van der Waals surface area contributed by atoms with E-state index in [1.54, 1.807) is 10.6 Å². The Morgan fingerprint density at radius 2 is 1.89 bits per heavy atom. The lowest BCUT2D eigenvalue weighted by molar-refractivity contribution is -0.116. The zero-order valence-electron chi connectivity index (χ0n) is 15.4. The average Bonchev–Trinajstić information content (AvgIpc) is 2.99. The lowest BCUT2D eigenvalue weighted by Crippen LogP contribution is -2.17. The van der Waals surface area contributed by atoms with Gasteiger partial charge in [-0.05, 0) is 37.1 Å². The molecular formula is C21H24N2O4. The third kappa shape index (κ3) is 4.78.